The predicted molar refractivity (Wildman–Crippen MR) is 47.2 cm³/mol. The van der Waals surface area contributed by atoms with Crippen molar-refractivity contribution in [2.24, 2.45) is 0 Å². The smallest absolute Gasteiger partial charge is 0.254 e. The molecule has 0 aliphatic carbocycles. The first-order chi connectivity index (χ1) is 5.74. The Morgan fingerprint density at radius 2 is 2.42 bits per heavy atom. The number of rotatable bonds is 3. The van der Waals surface area contributed by atoms with E-state index in [-0.39, 0.29) is 5.56 Å². The first-order valence-electron chi connectivity index (χ1n) is 3.93. The summed E-state index contributed by atoms with van der Waals surface area (Å²) in [7, 11) is 1.86. The van der Waals surface area contributed by atoms with E-state index in [2.05, 4.69) is 15.3 Å². The number of nitrogens with one attached hydrogen (secondary N) is 2. The second kappa shape index (κ2) is 4.01. The van der Waals surface area contributed by atoms with Crippen molar-refractivity contribution in [2.75, 3.05) is 13.6 Å². The molecule has 0 saturated heterocycles. The number of aromatic nitrogens is 2. The van der Waals surface area contributed by atoms with Crippen molar-refractivity contribution in [2.45, 2.75) is 13.3 Å². The van der Waals surface area contributed by atoms with Gasteiger partial charge < -0.3 is 10.3 Å². The van der Waals surface area contributed by atoms with E-state index in [0.29, 0.717) is 5.82 Å². The Hall–Kier alpha value is -1.16. The van der Waals surface area contributed by atoms with E-state index in [1.807, 2.05) is 7.05 Å². The highest BCUT2D eigenvalue weighted by Crippen LogP contribution is 1.88. The summed E-state index contributed by atoms with van der Waals surface area (Å²) in [5.41, 5.74) is 0.702. The fourth-order valence-corrected chi connectivity index (χ4v) is 0.948. The maximum absolute atomic E-state index is 11.2. The lowest BCUT2D eigenvalue weighted by Gasteiger charge is -1.98. The lowest BCUT2D eigenvalue weighted by molar-refractivity contribution is 0.777. The quantitative estimate of drug-likeness (QED) is 0.657. The molecule has 0 fully saturated rings. The second-order valence-electron chi connectivity index (χ2n) is 2.68. The van der Waals surface area contributed by atoms with E-state index in [4.69, 9.17) is 0 Å². The highest BCUT2D eigenvalue weighted by molar-refractivity contribution is 5.05. The second-order valence-corrected chi connectivity index (χ2v) is 2.68. The van der Waals surface area contributed by atoms with Gasteiger partial charge in [-0.25, -0.2) is 4.98 Å². The zero-order valence-electron chi connectivity index (χ0n) is 7.35. The minimum absolute atomic E-state index is 0.0299. The van der Waals surface area contributed by atoms with Crippen molar-refractivity contribution in [3.05, 3.63) is 27.9 Å². The third-order valence-corrected chi connectivity index (χ3v) is 1.64. The van der Waals surface area contributed by atoms with Crippen LogP contribution in [0.15, 0.2) is 11.0 Å². The first-order valence-corrected chi connectivity index (χ1v) is 3.93. The van der Waals surface area contributed by atoms with Crippen LogP contribution in [0, 0.1) is 6.92 Å². The topological polar surface area (TPSA) is 57.8 Å². The van der Waals surface area contributed by atoms with Crippen molar-refractivity contribution in [3.63, 3.8) is 0 Å². The molecule has 0 aliphatic rings. The number of likely N-dealkylation sites (N-methyl/N-ethyl adjacent to an activating group) is 1. The fourth-order valence-electron chi connectivity index (χ4n) is 0.948. The molecule has 1 aromatic rings. The Labute approximate surface area is 71.0 Å². The van der Waals surface area contributed by atoms with E-state index in [0.717, 1.165) is 18.5 Å². The van der Waals surface area contributed by atoms with Crippen LogP contribution in [0.4, 0.5) is 0 Å². The molecule has 1 aromatic heterocycles. The molecule has 0 radical (unpaired) electrons. The van der Waals surface area contributed by atoms with Crippen LogP contribution in [0.3, 0.4) is 0 Å². The molecule has 12 heavy (non-hydrogen) atoms. The summed E-state index contributed by atoms with van der Waals surface area (Å²) in [6, 6.07) is 0. The SMILES string of the molecule is CNCCc1cnc(C)[nH]c1=O. The largest absolute Gasteiger partial charge is 0.319 e. The highest BCUT2D eigenvalue weighted by Gasteiger charge is 1.98. The number of hydrogen-bond acceptors (Lipinski definition) is 3. The summed E-state index contributed by atoms with van der Waals surface area (Å²) < 4.78 is 0. The van der Waals surface area contributed by atoms with Gasteiger partial charge in [-0.15, -0.1) is 0 Å². The Morgan fingerprint density at radius 1 is 1.67 bits per heavy atom. The Bertz CT molecular complexity index is 305. The molecule has 0 unspecified atom stereocenters. The van der Waals surface area contributed by atoms with Crippen molar-refractivity contribution < 1.29 is 0 Å². The standard InChI is InChI=1S/C8H13N3O/c1-6-10-5-7(3-4-9-2)8(12)11-6/h5,9H,3-4H2,1-2H3,(H,10,11,12). The van der Waals surface area contributed by atoms with Crippen molar-refractivity contribution in [1.82, 2.24) is 15.3 Å². The third kappa shape index (κ3) is 2.17. The van der Waals surface area contributed by atoms with Crippen LogP contribution >= 0.6 is 0 Å². The van der Waals surface area contributed by atoms with Crippen molar-refractivity contribution >= 4 is 0 Å². The van der Waals surface area contributed by atoms with Gasteiger partial charge in [0.2, 0.25) is 0 Å². The average molecular weight is 167 g/mol. The van der Waals surface area contributed by atoms with Gasteiger partial charge >= 0.3 is 0 Å². The number of aryl methyl sites for hydroxylation is 1. The van der Waals surface area contributed by atoms with Gasteiger partial charge in [0.25, 0.3) is 5.56 Å². The minimum atomic E-state index is -0.0299. The van der Waals surface area contributed by atoms with Crippen LogP contribution < -0.4 is 10.9 Å². The van der Waals surface area contributed by atoms with Crippen LogP contribution in [0.1, 0.15) is 11.4 Å². The molecule has 1 rings (SSSR count). The Morgan fingerprint density at radius 3 is 3.00 bits per heavy atom. The summed E-state index contributed by atoms with van der Waals surface area (Å²) in [4.78, 5) is 17.9. The summed E-state index contributed by atoms with van der Waals surface area (Å²) >= 11 is 0. The Balaban J connectivity index is 2.80. The molecule has 0 bridgehead atoms. The van der Waals surface area contributed by atoms with Crippen molar-refractivity contribution in [1.29, 1.82) is 0 Å². The maximum atomic E-state index is 11.2. The van der Waals surface area contributed by atoms with Gasteiger partial charge in [-0.3, -0.25) is 4.79 Å². The number of hydrogen-bond donors (Lipinski definition) is 2. The molecular formula is C8H13N3O. The lowest BCUT2D eigenvalue weighted by atomic mass is 10.2. The van der Waals surface area contributed by atoms with Crippen molar-refractivity contribution in [3.8, 4) is 0 Å². The zero-order chi connectivity index (χ0) is 8.97. The fraction of sp³-hybridized carbons (Fsp3) is 0.500. The number of H-pyrrole nitrogens is 1. The molecule has 2 N–H and O–H groups in total. The van der Waals surface area contributed by atoms with Gasteiger partial charge in [0.15, 0.2) is 0 Å². The molecule has 0 aromatic carbocycles. The van der Waals surface area contributed by atoms with Gasteiger partial charge in [0, 0.05) is 11.8 Å². The monoisotopic (exact) mass is 167 g/mol. The maximum Gasteiger partial charge on any atom is 0.254 e. The summed E-state index contributed by atoms with van der Waals surface area (Å²) in [6.45, 7) is 2.57. The Kier molecular flexibility index (Phi) is 2.99. The predicted octanol–water partition coefficient (Wildman–Crippen LogP) is -0.160. The average Bonchev–Trinajstić information content (AvgIpc) is 2.03. The summed E-state index contributed by atoms with van der Waals surface area (Å²) in [5, 5.41) is 2.98. The molecule has 0 spiro atoms. The number of aromatic amines is 1. The lowest BCUT2D eigenvalue weighted by Crippen LogP contribution is -2.19. The molecule has 0 saturated carbocycles. The molecule has 66 valence electrons. The van der Waals surface area contributed by atoms with Gasteiger partial charge in [-0.05, 0) is 26.9 Å². The van der Waals surface area contributed by atoms with Crippen LogP contribution in [-0.4, -0.2) is 23.6 Å². The van der Waals surface area contributed by atoms with Crippen LogP contribution in [0.5, 0.6) is 0 Å². The van der Waals surface area contributed by atoms with Gasteiger partial charge in [0.1, 0.15) is 5.82 Å². The first kappa shape index (κ1) is 8.93. The van der Waals surface area contributed by atoms with Gasteiger partial charge in [-0.2, -0.15) is 0 Å². The van der Waals surface area contributed by atoms with E-state index >= 15 is 0 Å². The molecule has 0 aliphatic heterocycles. The zero-order valence-corrected chi connectivity index (χ0v) is 7.35. The normalized spacial score (nSPS) is 10.2. The van der Waals surface area contributed by atoms with Gasteiger partial charge in [-0.1, -0.05) is 0 Å². The number of nitrogens with zero attached hydrogens (tertiary/aromatic N) is 1. The summed E-state index contributed by atoms with van der Waals surface area (Å²) in [5.74, 6) is 0.660. The summed E-state index contributed by atoms with van der Waals surface area (Å²) in [6.07, 6.45) is 2.35. The minimum Gasteiger partial charge on any atom is -0.319 e. The van der Waals surface area contributed by atoms with E-state index in [9.17, 15) is 4.79 Å². The molecule has 0 amide bonds. The van der Waals surface area contributed by atoms with Crippen LogP contribution in [0.2, 0.25) is 0 Å². The highest BCUT2D eigenvalue weighted by atomic mass is 16.1. The van der Waals surface area contributed by atoms with Crippen LogP contribution in [0.25, 0.3) is 0 Å². The van der Waals surface area contributed by atoms with E-state index in [1.54, 1.807) is 13.1 Å². The van der Waals surface area contributed by atoms with Crippen LogP contribution in [-0.2, 0) is 6.42 Å². The van der Waals surface area contributed by atoms with Gasteiger partial charge in [0.05, 0.1) is 0 Å². The molecule has 0 atom stereocenters. The molecule has 4 heteroatoms. The van der Waals surface area contributed by atoms with E-state index < -0.39 is 0 Å². The third-order valence-electron chi connectivity index (χ3n) is 1.64. The molecule has 4 nitrogen and oxygen atoms in total. The molecule has 1 heterocycles. The van der Waals surface area contributed by atoms with E-state index in [1.165, 1.54) is 0 Å². The molecular weight excluding hydrogens is 154 g/mol.